The van der Waals surface area contributed by atoms with Gasteiger partial charge in [0.1, 0.15) is 5.75 Å². The van der Waals surface area contributed by atoms with Gasteiger partial charge in [-0.25, -0.2) is 0 Å². The zero-order valence-electron chi connectivity index (χ0n) is 10.9. The largest absolute Gasteiger partial charge is 0.490 e. The summed E-state index contributed by atoms with van der Waals surface area (Å²) in [4.78, 5) is 11.1. The molecule has 0 unspecified atom stereocenters. The van der Waals surface area contributed by atoms with Gasteiger partial charge < -0.3 is 9.84 Å². The fourth-order valence-corrected chi connectivity index (χ4v) is 2.25. The van der Waals surface area contributed by atoms with E-state index in [0.29, 0.717) is 6.10 Å². The van der Waals surface area contributed by atoms with Gasteiger partial charge in [-0.15, -0.1) is 0 Å². The standard InChI is InChI=1S/C15H20O3/c1-3-14(10(2)15(16)17)11-5-4-6-13(9-11)18-12-7-8-12/h4-6,9-10,12,14H,3,7-8H2,1-2H3,(H,16,17)/t10-,14+/m0/s1. The van der Waals surface area contributed by atoms with Crippen molar-refractivity contribution in [3.05, 3.63) is 29.8 Å². The zero-order valence-corrected chi connectivity index (χ0v) is 10.9. The Labute approximate surface area is 108 Å². The smallest absolute Gasteiger partial charge is 0.306 e. The molecule has 0 radical (unpaired) electrons. The minimum atomic E-state index is -0.740. The Morgan fingerprint density at radius 1 is 1.50 bits per heavy atom. The summed E-state index contributed by atoms with van der Waals surface area (Å²) in [5.74, 6) is -0.196. The second kappa shape index (κ2) is 5.42. The summed E-state index contributed by atoms with van der Waals surface area (Å²) in [5, 5.41) is 9.14. The molecule has 0 spiro atoms. The van der Waals surface area contributed by atoms with Crippen LogP contribution in [0.2, 0.25) is 0 Å². The minimum absolute atomic E-state index is 0.0465. The van der Waals surface area contributed by atoms with Crippen molar-refractivity contribution in [3.63, 3.8) is 0 Å². The van der Waals surface area contributed by atoms with Crippen molar-refractivity contribution in [1.82, 2.24) is 0 Å². The van der Waals surface area contributed by atoms with E-state index in [0.717, 1.165) is 30.6 Å². The van der Waals surface area contributed by atoms with Crippen LogP contribution in [0.3, 0.4) is 0 Å². The normalized spacial score (nSPS) is 18.1. The van der Waals surface area contributed by atoms with E-state index in [4.69, 9.17) is 9.84 Å². The highest BCUT2D eigenvalue weighted by Crippen LogP contribution is 2.32. The average Bonchev–Trinajstić information content (AvgIpc) is 3.14. The third kappa shape index (κ3) is 3.03. The predicted octanol–water partition coefficient (Wildman–Crippen LogP) is 3.44. The van der Waals surface area contributed by atoms with E-state index in [-0.39, 0.29) is 11.8 Å². The van der Waals surface area contributed by atoms with Gasteiger partial charge in [-0.1, -0.05) is 26.0 Å². The Hall–Kier alpha value is -1.51. The molecule has 1 aromatic rings. The fraction of sp³-hybridized carbons (Fsp3) is 0.533. The van der Waals surface area contributed by atoms with Crippen molar-refractivity contribution in [2.75, 3.05) is 0 Å². The molecule has 3 heteroatoms. The van der Waals surface area contributed by atoms with Gasteiger partial charge in [0.05, 0.1) is 12.0 Å². The lowest BCUT2D eigenvalue weighted by Crippen LogP contribution is -2.18. The molecule has 0 aromatic heterocycles. The van der Waals surface area contributed by atoms with Crippen molar-refractivity contribution >= 4 is 5.97 Å². The van der Waals surface area contributed by atoms with E-state index in [9.17, 15) is 4.79 Å². The Balaban J connectivity index is 2.16. The van der Waals surface area contributed by atoms with E-state index < -0.39 is 5.97 Å². The van der Waals surface area contributed by atoms with E-state index in [1.54, 1.807) is 6.92 Å². The molecule has 98 valence electrons. The van der Waals surface area contributed by atoms with Crippen LogP contribution in [0.4, 0.5) is 0 Å². The molecule has 2 atom stereocenters. The number of rotatable bonds is 6. The Bertz CT molecular complexity index is 424. The number of hydrogen-bond acceptors (Lipinski definition) is 2. The van der Waals surface area contributed by atoms with Gasteiger partial charge in [0.15, 0.2) is 0 Å². The molecular weight excluding hydrogens is 228 g/mol. The molecule has 1 aromatic carbocycles. The topological polar surface area (TPSA) is 46.5 Å². The molecule has 1 fully saturated rings. The first kappa shape index (κ1) is 12.9. The highest BCUT2D eigenvalue weighted by atomic mass is 16.5. The highest BCUT2D eigenvalue weighted by molar-refractivity contribution is 5.71. The molecule has 0 heterocycles. The summed E-state index contributed by atoms with van der Waals surface area (Å²) in [7, 11) is 0. The average molecular weight is 248 g/mol. The third-order valence-electron chi connectivity index (χ3n) is 3.55. The molecule has 18 heavy (non-hydrogen) atoms. The summed E-state index contributed by atoms with van der Waals surface area (Å²) in [6.45, 7) is 3.80. The fourth-order valence-electron chi connectivity index (χ4n) is 2.25. The van der Waals surface area contributed by atoms with E-state index >= 15 is 0 Å². The lowest BCUT2D eigenvalue weighted by Gasteiger charge is -2.20. The number of ether oxygens (including phenoxy) is 1. The minimum Gasteiger partial charge on any atom is -0.490 e. The van der Waals surface area contributed by atoms with Gasteiger partial charge in [-0.05, 0) is 42.9 Å². The van der Waals surface area contributed by atoms with Crippen molar-refractivity contribution in [2.45, 2.75) is 45.1 Å². The van der Waals surface area contributed by atoms with Gasteiger partial charge in [-0.3, -0.25) is 4.79 Å². The van der Waals surface area contributed by atoms with Crippen molar-refractivity contribution in [1.29, 1.82) is 0 Å². The van der Waals surface area contributed by atoms with Crippen molar-refractivity contribution in [2.24, 2.45) is 5.92 Å². The first-order valence-corrected chi connectivity index (χ1v) is 6.61. The second-order valence-corrected chi connectivity index (χ2v) is 5.03. The van der Waals surface area contributed by atoms with Crippen LogP contribution in [-0.4, -0.2) is 17.2 Å². The maximum absolute atomic E-state index is 11.1. The van der Waals surface area contributed by atoms with Gasteiger partial charge in [0.2, 0.25) is 0 Å². The number of carboxylic acids is 1. The monoisotopic (exact) mass is 248 g/mol. The van der Waals surface area contributed by atoms with Crippen LogP contribution in [-0.2, 0) is 4.79 Å². The molecule has 2 rings (SSSR count). The quantitative estimate of drug-likeness (QED) is 0.838. The third-order valence-corrected chi connectivity index (χ3v) is 3.55. The van der Waals surface area contributed by atoms with Crippen LogP contribution in [0, 0.1) is 5.92 Å². The summed E-state index contributed by atoms with van der Waals surface area (Å²) in [6, 6.07) is 7.88. The first-order chi connectivity index (χ1) is 8.61. The summed E-state index contributed by atoms with van der Waals surface area (Å²) in [6.07, 6.45) is 3.46. The maximum Gasteiger partial charge on any atom is 0.306 e. The molecule has 0 bridgehead atoms. The van der Waals surface area contributed by atoms with Crippen LogP contribution in [0.1, 0.15) is 44.6 Å². The second-order valence-electron chi connectivity index (χ2n) is 5.03. The molecular formula is C15H20O3. The van der Waals surface area contributed by atoms with Gasteiger partial charge in [0, 0.05) is 0 Å². The molecule has 0 saturated heterocycles. The lowest BCUT2D eigenvalue weighted by molar-refractivity contribution is -0.141. The van der Waals surface area contributed by atoms with Gasteiger partial charge in [-0.2, -0.15) is 0 Å². The Morgan fingerprint density at radius 3 is 2.78 bits per heavy atom. The lowest BCUT2D eigenvalue weighted by atomic mass is 9.85. The van der Waals surface area contributed by atoms with Crippen molar-refractivity contribution in [3.8, 4) is 5.75 Å². The van der Waals surface area contributed by atoms with Gasteiger partial charge in [0.25, 0.3) is 0 Å². The molecule has 1 N–H and O–H groups in total. The molecule has 1 aliphatic carbocycles. The van der Waals surface area contributed by atoms with Crippen LogP contribution in [0.5, 0.6) is 5.75 Å². The molecule has 3 nitrogen and oxygen atoms in total. The van der Waals surface area contributed by atoms with Crippen LogP contribution >= 0.6 is 0 Å². The van der Waals surface area contributed by atoms with Crippen LogP contribution < -0.4 is 4.74 Å². The van der Waals surface area contributed by atoms with E-state index in [2.05, 4.69) is 0 Å². The highest BCUT2D eigenvalue weighted by Gasteiger charge is 2.26. The summed E-state index contributed by atoms with van der Waals surface area (Å²) in [5.41, 5.74) is 1.06. The first-order valence-electron chi connectivity index (χ1n) is 6.61. The number of carbonyl (C=O) groups is 1. The molecule has 0 amide bonds. The SMILES string of the molecule is CC[C@@H](c1cccc(OC2CC2)c1)[C@H](C)C(=O)O. The molecule has 0 aliphatic heterocycles. The number of aliphatic carboxylic acids is 1. The summed E-state index contributed by atoms with van der Waals surface area (Å²) < 4.78 is 5.75. The number of hydrogen-bond donors (Lipinski definition) is 1. The Morgan fingerprint density at radius 2 is 2.22 bits per heavy atom. The van der Waals surface area contributed by atoms with Crippen LogP contribution in [0.15, 0.2) is 24.3 Å². The maximum atomic E-state index is 11.1. The van der Waals surface area contributed by atoms with Crippen LogP contribution in [0.25, 0.3) is 0 Å². The number of carboxylic acid groups (broad SMARTS) is 1. The molecule has 1 saturated carbocycles. The number of benzene rings is 1. The Kier molecular flexibility index (Phi) is 3.90. The predicted molar refractivity (Wildman–Crippen MR) is 69.9 cm³/mol. The van der Waals surface area contributed by atoms with Crippen molar-refractivity contribution < 1.29 is 14.6 Å². The zero-order chi connectivity index (χ0) is 13.1. The van der Waals surface area contributed by atoms with E-state index in [1.807, 2.05) is 31.2 Å². The van der Waals surface area contributed by atoms with Gasteiger partial charge >= 0.3 is 5.97 Å². The summed E-state index contributed by atoms with van der Waals surface area (Å²) >= 11 is 0. The molecule has 1 aliphatic rings. The van der Waals surface area contributed by atoms with E-state index in [1.165, 1.54) is 0 Å².